The highest BCUT2D eigenvalue weighted by molar-refractivity contribution is 5.94. The zero-order valence-electron chi connectivity index (χ0n) is 13.3. The van der Waals surface area contributed by atoms with Gasteiger partial charge >= 0.3 is 0 Å². The van der Waals surface area contributed by atoms with Crippen molar-refractivity contribution in [3.05, 3.63) is 59.4 Å². The third kappa shape index (κ3) is 3.54. The molecule has 1 fully saturated rings. The van der Waals surface area contributed by atoms with Crippen molar-refractivity contribution in [1.29, 1.82) is 5.26 Å². The number of nitrogens with one attached hydrogen (secondary N) is 2. The topological polar surface area (TPSA) is 64.9 Å². The largest absolute Gasteiger partial charge is 0.377 e. The number of nitriles is 1. The Balaban J connectivity index is 1.69. The number of anilines is 2. The standard InChI is InChI=1S/C19H18FN3O/c1-12(22-18-4-2-3-17(20)16(18)11-21)13-7-9-15(10-8-13)23-19(24)14-5-6-14/h2-4,7-10,12,14,22H,5-6H2,1H3,(H,23,24)/t12-/m0/s1. The summed E-state index contributed by atoms with van der Waals surface area (Å²) < 4.78 is 13.6. The Morgan fingerprint density at radius 3 is 2.58 bits per heavy atom. The third-order valence-corrected chi connectivity index (χ3v) is 4.12. The van der Waals surface area contributed by atoms with Gasteiger partial charge in [0.15, 0.2) is 0 Å². The second-order valence-corrected chi connectivity index (χ2v) is 6.03. The molecule has 1 amide bonds. The number of amides is 1. The Morgan fingerprint density at radius 2 is 1.96 bits per heavy atom. The summed E-state index contributed by atoms with van der Waals surface area (Å²) in [4.78, 5) is 11.7. The molecule has 2 N–H and O–H groups in total. The summed E-state index contributed by atoms with van der Waals surface area (Å²) in [6.45, 7) is 1.93. The van der Waals surface area contributed by atoms with Gasteiger partial charge in [-0.15, -0.1) is 0 Å². The van der Waals surface area contributed by atoms with Crippen LogP contribution in [0, 0.1) is 23.1 Å². The summed E-state index contributed by atoms with van der Waals surface area (Å²) in [5.41, 5.74) is 2.23. The van der Waals surface area contributed by atoms with Gasteiger partial charge in [-0.3, -0.25) is 4.79 Å². The average molecular weight is 323 g/mol. The molecule has 0 spiro atoms. The van der Waals surface area contributed by atoms with Crippen LogP contribution >= 0.6 is 0 Å². The molecule has 0 bridgehead atoms. The second kappa shape index (κ2) is 6.71. The van der Waals surface area contributed by atoms with Crippen molar-refractivity contribution >= 4 is 17.3 Å². The molecule has 1 aliphatic carbocycles. The molecule has 0 saturated heterocycles. The Hall–Kier alpha value is -2.87. The molecule has 0 aliphatic heterocycles. The van der Waals surface area contributed by atoms with E-state index >= 15 is 0 Å². The fourth-order valence-corrected chi connectivity index (χ4v) is 2.52. The zero-order chi connectivity index (χ0) is 17.1. The summed E-state index contributed by atoms with van der Waals surface area (Å²) in [6, 6.07) is 13.8. The lowest BCUT2D eigenvalue weighted by Gasteiger charge is -2.17. The van der Waals surface area contributed by atoms with Crippen molar-refractivity contribution in [1.82, 2.24) is 0 Å². The minimum absolute atomic E-state index is 0.0117. The molecule has 24 heavy (non-hydrogen) atoms. The maximum absolute atomic E-state index is 13.6. The average Bonchev–Trinajstić information content (AvgIpc) is 3.40. The van der Waals surface area contributed by atoms with Crippen molar-refractivity contribution in [2.24, 2.45) is 5.92 Å². The minimum atomic E-state index is -0.534. The maximum Gasteiger partial charge on any atom is 0.227 e. The van der Waals surface area contributed by atoms with Gasteiger partial charge in [-0.2, -0.15) is 5.26 Å². The van der Waals surface area contributed by atoms with E-state index in [4.69, 9.17) is 5.26 Å². The third-order valence-electron chi connectivity index (χ3n) is 4.12. The predicted molar refractivity (Wildman–Crippen MR) is 90.9 cm³/mol. The first kappa shape index (κ1) is 16.0. The lowest BCUT2D eigenvalue weighted by atomic mass is 10.1. The van der Waals surface area contributed by atoms with Gasteiger partial charge in [-0.05, 0) is 49.6 Å². The van der Waals surface area contributed by atoms with Gasteiger partial charge < -0.3 is 10.6 Å². The zero-order valence-corrected chi connectivity index (χ0v) is 13.3. The van der Waals surface area contributed by atoms with Crippen LogP contribution in [0.4, 0.5) is 15.8 Å². The molecule has 1 saturated carbocycles. The smallest absolute Gasteiger partial charge is 0.227 e. The lowest BCUT2D eigenvalue weighted by molar-refractivity contribution is -0.117. The molecule has 1 aliphatic rings. The number of halogens is 1. The number of benzene rings is 2. The van der Waals surface area contributed by atoms with Gasteiger partial charge in [0, 0.05) is 17.6 Å². The normalized spacial score (nSPS) is 14.5. The van der Waals surface area contributed by atoms with Crippen LogP contribution in [0.25, 0.3) is 0 Å². The van der Waals surface area contributed by atoms with Gasteiger partial charge in [-0.1, -0.05) is 18.2 Å². The van der Waals surface area contributed by atoms with Gasteiger partial charge in [0.05, 0.1) is 5.69 Å². The van der Waals surface area contributed by atoms with Crippen molar-refractivity contribution in [2.45, 2.75) is 25.8 Å². The van der Waals surface area contributed by atoms with Crippen LogP contribution in [0.2, 0.25) is 0 Å². The van der Waals surface area contributed by atoms with E-state index in [1.54, 1.807) is 12.1 Å². The highest BCUT2D eigenvalue weighted by atomic mass is 19.1. The van der Waals surface area contributed by atoms with E-state index in [0.29, 0.717) is 5.69 Å². The molecule has 4 nitrogen and oxygen atoms in total. The second-order valence-electron chi connectivity index (χ2n) is 6.03. The Bertz CT molecular complexity index is 791. The maximum atomic E-state index is 13.6. The van der Waals surface area contributed by atoms with Gasteiger partial charge in [0.1, 0.15) is 17.4 Å². The molecule has 0 unspecified atom stereocenters. The predicted octanol–water partition coefficient (Wildman–Crippen LogP) is 4.22. The molecule has 2 aromatic rings. The number of carbonyl (C=O) groups is 1. The number of carbonyl (C=O) groups excluding carboxylic acids is 1. The van der Waals surface area contributed by atoms with Crippen LogP contribution in [0.1, 0.15) is 36.9 Å². The molecule has 0 radical (unpaired) electrons. The molecular formula is C19H18FN3O. The fraction of sp³-hybridized carbons (Fsp3) is 0.263. The molecule has 122 valence electrons. The summed E-state index contributed by atoms with van der Waals surface area (Å²) in [6.07, 6.45) is 1.94. The molecule has 0 aromatic heterocycles. The number of rotatable bonds is 5. The van der Waals surface area contributed by atoms with Gasteiger partial charge in [0.25, 0.3) is 0 Å². The van der Waals surface area contributed by atoms with E-state index in [9.17, 15) is 9.18 Å². The lowest BCUT2D eigenvalue weighted by Crippen LogP contribution is -2.13. The Kier molecular flexibility index (Phi) is 4.48. The monoisotopic (exact) mass is 323 g/mol. The first-order chi connectivity index (χ1) is 11.6. The molecule has 0 heterocycles. The Labute approximate surface area is 140 Å². The van der Waals surface area contributed by atoms with E-state index in [-0.39, 0.29) is 23.4 Å². The van der Waals surface area contributed by atoms with E-state index in [2.05, 4.69) is 10.6 Å². The highest BCUT2D eigenvalue weighted by Crippen LogP contribution is 2.30. The molecule has 1 atom stereocenters. The van der Waals surface area contributed by atoms with Crippen molar-refractivity contribution < 1.29 is 9.18 Å². The summed E-state index contributed by atoms with van der Waals surface area (Å²) in [5.74, 6) is -0.289. The van der Waals surface area contributed by atoms with Crippen LogP contribution in [-0.2, 0) is 4.79 Å². The van der Waals surface area contributed by atoms with Crippen LogP contribution in [0.15, 0.2) is 42.5 Å². The fourth-order valence-electron chi connectivity index (χ4n) is 2.52. The van der Waals surface area contributed by atoms with E-state index in [0.717, 1.165) is 24.1 Å². The van der Waals surface area contributed by atoms with E-state index < -0.39 is 5.82 Å². The van der Waals surface area contributed by atoms with Crippen LogP contribution in [0.5, 0.6) is 0 Å². The number of nitrogens with zero attached hydrogens (tertiary/aromatic N) is 1. The quantitative estimate of drug-likeness (QED) is 0.866. The highest BCUT2D eigenvalue weighted by Gasteiger charge is 2.29. The van der Waals surface area contributed by atoms with Crippen molar-refractivity contribution in [3.8, 4) is 6.07 Å². The summed E-state index contributed by atoms with van der Waals surface area (Å²) in [7, 11) is 0. The molecule has 3 rings (SSSR count). The number of hydrogen-bond donors (Lipinski definition) is 2. The van der Waals surface area contributed by atoms with Crippen molar-refractivity contribution in [2.75, 3.05) is 10.6 Å². The van der Waals surface area contributed by atoms with Crippen LogP contribution < -0.4 is 10.6 Å². The van der Waals surface area contributed by atoms with Gasteiger partial charge in [-0.25, -0.2) is 4.39 Å². The van der Waals surface area contributed by atoms with Crippen LogP contribution in [0.3, 0.4) is 0 Å². The molecule has 5 heteroatoms. The Morgan fingerprint density at radius 1 is 1.25 bits per heavy atom. The van der Waals surface area contributed by atoms with E-state index in [1.807, 2.05) is 37.3 Å². The molecular weight excluding hydrogens is 305 g/mol. The first-order valence-electron chi connectivity index (χ1n) is 7.94. The van der Waals surface area contributed by atoms with Crippen molar-refractivity contribution in [3.63, 3.8) is 0 Å². The first-order valence-corrected chi connectivity index (χ1v) is 7.94. The molecule has 2 aromatic carbocycles. The van der Waals surface area contributed by atoms with Gasteiger partial charge in [0.2, 0.25) is 5.91 Å². The van der Waals surface area contributed by atoms with E-state index in [1.165, 1.54) is 6.07 Å². The van der Waals surface area contributed by atoms with Crippen LogP contribution in [-0.4, -0.2) is 5.91 Å². The summed E-state index contributed by atoms with van der Waals surface area (Å²) >= 11 is 0. The minimum Gasteiger partial charge on any atom is -0.377 e. The number of hydrogen-bond acceptors (Lipinski definition) is 3. The SMILES string of the molecule is C[C@H](Nc1cccc(F)c1C#N)c1ccc(NC(=O)C2CC2)cc1. The summed E-state index contributed by atoms with van der Waals surface area (Å²) in [5, 5.41) is 15.1.